The van der Waals surface area contributed by atoms with Crippen LogP contribution in [0.2, 0.25) is 0 Å². The standard InChI is InChI=1S/C16H14ClFN4/c1-11(17)20-9-15-13-6-4-8-19-16(13)22(21-15)10-12-5-2-3-7-14(12)18/h2-8H,9-10H2,1H3. The number of aliphatic imine (C=N–C) groups is 1. The van der Waals surface area contributed by atoms with Crippen molar-refractivity contribution in [1.29, 1.82) is 0 Å². The summed E-state index contributed by atoms with van der Waals surface area (Å²) in [5, 5.41) is 5.90. The van der Waals surface area contributed by atoms with Crippen LogP contribution in [-0.4, -0.2) is 19.9 Å². The van der Waals surface area contributed by atoms with Crippen LogP contribution in [0.3, 0.4) is 0 Å². The number of hydrogen-bond acceptors (Lipinski definition) is 3. The molecule has 0 aliphatic carbocycles. The molecule has 6 heteroatoms. The first-order chi connectivity index (χ1) is 10.6. The zero-order valence-electron chi connectivity index (χ0n) is 12.0. The maximum Gasteiger partial charge on any atom is 0.158 e. The van der Waals surface area contributed by atoms with Gasteiger partial charge in [0.15, 0.2) is 5.65 Å². The van der Waals surface area contributed by atoms with Crippen LogP contribution in [0.15, 0.2) is 47.6 Å². The van der Waals surface area contributed by atoms with Gasteiger partial charge in [0.1, 0.15) is 5.82 Å². The number of hydrogen-bond donors (Lipinski definition) is 0. The fourth-order valence-electron chi connectivity index (χ4n) is 2.27. The van der Waals surface area contributed by atoms with Gasteiger partial charge in [-0.25, -0.2) is 14.1 Å². The molecule has 0 unspecified atom stereocenters. The van der Waals surface area contributed by atoms with Gasteiger partial charge in [-0.05, 0) is 25.1 Å². The van der Waals surface area contributed by atoms with E-state index in [0.717, 1.165) is 11.1 Å². The van der Waals surface area contributed by atoms with Crippen molar-refractivity contribution in [3.63, 3.8) is 0 Å². The van der Waals surface area contributed by atoms with Crippen molar-refractivity contribution in [3.8, 4) is 0 Å². The Labute approximate surface area is 132 Å². The molecular formula is C16H14ClFN4. The molecule has 22 heavy (non-hydrogen) atoms. The Bertz CT molecular complexity index is 837. The van der Waals surface area contributed by atoms with Crippen molar-refractivity contribution >= 4 is 27.8 Å². The Morgan fingerprint density at radius 2 is 2.09 bits per heavy atom. The summed E-state index contributed by atoms with van der Waals surface area (Å²) >= 11 is 5.79. The summed E-state index contributed by atoms with van der Waals surface area (Å²) < 4.78 is 15.5. The molecule has 0 saturated carbocycles. The Hall–Kier alpha value is -2.27. The molecule has 0 N–H and O–H groups in total. The van der Waals surface area contributed by atoms with Crippen LogP contribution in [0.25, 0.3) is 11.0 Å². The third kappa shape index (κ3) is 2.99. The minimum Gasteiger partial charge on any atom is -0.271 e. The first kappa shape index (κ1) is 14.7. The van der Waals surface area contributed by atoms with Gasteiger partial charge in [0, 0.05) is 17.1 Å². The van der Waals surface area contributed by atoms with Crippen LogP contribution in [0.4, 0.5) is 4.39 Å². The van der Waals surface area contributed by atoms with Gasteiger partial charge in [-0.15, -0.1) is 0 Å². The summed E-state index contributed by atoms with van der Waals surface area (Å²) in [4.78, 5) is 8.54. The molecule has 0 bridgehead atoms. The number of halogens is 2. The molecule has 3 rings (SSSR count). The van der Waals surface area contributed by atoms with Gasteiger partial charge in [0.05, 0.1) is 24.0 Å². The van der Waals surface area contributed by atoms with Crippen molar-refractivity contribution in [2.24, 2.45) is 4.99 Å². The molecule has 0 saturated heterocycles. The van der Waals surface area contributed by atoms with E-state index in [9.17, 15) is 4.39 Å². The van der Waals surface area contributed by atoms with E-state index in [0.29, 0.717) is 29.5 Å². The van der Waals surface area contributed by atoms with E-state index in [1.54, 1.807) is 36.0 Å². The molecule has 2 heterocycles. The molecule has 0 amide bonds. The van der Waals surface area contributed by atoms with Gasteiger partial charge < -0.3 is 0 Å². The van der Waals surface area contributed by atoms with Crippen molar-refractivity contribution < 1.29 is 4.39 Å². The Balaban J connectivity index is 2.03. The third-order valence-electron chi connectivity index (χ3n) is 3.31. The smallest absolute Gasteiger partial charge is 0.158 e. The molecule has 0 atom stereocenters. The van der Waals surface area contributed by atoms with Crippen LogP contribution in [0.5, 0.6) is 0 Å². The lowest BCUT2D eigenvalue weighted by Crippen LogP contribution is -2.04. The highest BCUT2D eigenvalue weighted by Gasteiger charge is 2.12. The molecule has 2 aromatic heterocycles. The summed E-state index contributed by atoms with van der Waals surface area (Å²) in [5.74, 6) is -0.252. The highest BCUT2D eigenvalue weighted by molar-refractivity contribution is 6.64. The summed E-state index contributed by atoms with van der Waals surface area (Å²) in [6, 6.07) is 10.4. The predicted octanol–water partition coefficient (Wildman–Crippen LogP) is 3.78. The Morgan fingerprint density at radius 3 is 2.86 bits per heavy atom. The van der Waals surface area contributed by atoms with Crippen LogP contribution in [0.1, 0.15) is 18.2 Å². The SMILES string of the molecule is CC(Cl)=NCc1nn(Cc2ccccc2F)c2ncccc12. The number of nitrogens with zero attached hydrogens (tertiary/aromatic N) is 4. The predicted molar refractivity (Wildman–Crippen MR) is 85.7 cm³/mol. The summed E-state index contributed by atoms with van der Waals surface area (Å²) in [7, 11) is 0. The number of benzene rings is 1. The summed E-state index contributed by atoms with van der Waals surface area (Å²) in [6.45, 7) is 2.42. The first-order valence-electron chi connectivity index (χ1n) is 6.85. The second-order valence-corrected chi connectivity index (χ2v) is 5.43. The van der Waals surface area contributed by atoms with E-state index in [4.69, 9.17) is 11.6 Å². The van der Waals surface area contributed by atoms with Gasteiger partial charge in [0.2, 0.25) is 0 Å². The quantitative estimate of drug-likeness (QED) is 0.688. The zero-order valence-corrected chi connectivity index (χ0v) is 12.8. The fraction of sp³-hybridized carbons (Fsp3) is 0.188. The van der Waals surface area contributed by atoms with Crippen LogP contribution in [0, 0.1) is 5.82 Å². The molecule has 0 radical (unpaired) electrons. The lowest BCUT2D eigenvalue weighted by atomic mass is 10.2. The number of fused-ring (bicyclic) bond motifs is 1. The zero-order chi connectivity index (χ0) is 15.5. The van der Waals surface area contributed by atoms with Crippen molar-refractivity contribution in [1.82, 2.24) is 14.8 Å². The molecule has 0 aliphatic rings. The second kappa shape index (κ2) is 6.23. The molecular weight excluding hydrogens is 303 g/mol. The molecule has 1 aromatic carbocycles. The van der Waals surface area contributed by atoms with E-state index in [-0.39, 0.29) is 5.82 Å². The molecule has 0 aliphatic heterocycles. The largest absolute Gasteiger partial charge is 0.271 e. The van der Waals surface area contributed by atoms with Gasteiger partial charge >= 0.3 is 0 Å². The average Bonchev–Trinajstić information content (AvgIpc) is 2.86. The Kier molecular flexibility index (Phi) is 4.15. The van der Waals surface area contributed by atoms with Crippen molar-refractivity contribution in [2.45, 2.75) is 20.0 Å². The highest BCUT2D eigenvalue weighted by Crippen LogP contribution is 2.19. The molecule has 0 fully saturated rings. The van der Waals surface area contributed by atoms with Crippen molar-refractivity contribution in [3.05, 3.63) is 59.7 Å². The van der Waals surface area contributed by atoms with Crippen LogP contribution < -0.4 is 0 Å². The summed E-state index contributed by atoms with van der Waals surface area (Å²) in [5.41, 5.74) is 2.06. The Morgan fingerprint density at radius 1 is 1.27 bits per heavy atom. The average molecular weight is 317 g/mol. The minimum absolute atomic E-state index is 0.252. The van der Waals surface area contributed by atoms with E-state index in [2.05, 4.69) is 15.1 Å². The van der Waals surface area contributed by atoms with Gasteiger partial charge in [-0.2, -0.15) is 5.10 Å². The topological polar surface area (TPSA) is 43.1 Å². The lowest BCUT2D eigenvalue weighted by molar-refractivity contribution is 0.587. The minimum atomic E-state index is -0.252. The molecule has 4 nitrogen and oxygen atoms in total. The number of rotatable bonds is 4. The monoisotopic (exact) mass is 316 g/mol. The van der Waals surface area contributed by atoms with E-state index in [1.165, 1.54) is 6.07 Å². The normalized spacial score (nSPS) is 12.0. The van der Waals surface area contributed by atoms with Crippen molar-refractivity contribution in [2.75, 3.05) is 0 Å². The van der Waals surface area contributed by atoms with Crippen LogP contribution >= 0.6 is 11.6 Å². The molecule has 3 aromatic rings. The first-order valence-corrected chi connectivity index (χ1v) is 7.23. The van der Waals surface area contributed by atoms with Gasteiger partial charge in [-0.3, -0.25) is 4.99 Å². The number of pyridine rings is 1. The lowest BCUT2D eigenvalue weighted by Gasteiger charge is -2.04. The third-order valence-corrected chi connectivity index (χ3v) is 3.43. The van der Waals surface area contributed by atoms with E-state index >= 15 is 0 Å². The van der Waals surface area contributed by atoms with Gasteiger partial charge in [-0.1, -0.05) is 29.8 Å². The highest BCUT2D eigenvalue weighted by atomic mass is 35.5. The maximum absolute atomic E-state index is 13.8. The van der Waals surface area contributed by atoms with E-state index in [1.807, 2.05) is 12.1 Å². The summed E-state index contributed by atoms with van der Waals surface area (Å²) in [6.07, 6.45) is 1.70. The maximum atomic E-state index is 13.8. The molecule has 0 spiro atoms. The molecule has 112 valence electrons. The van der Waals surface area contributed by atoms with Gasteiger partial charge in [0.25, 0.3) is 0 Å². The second-order valence-electron chi connectivity index (χ2n) is 4.88. The van der Waals surface area contributed by atoms with Crippen LogP contribution in [-0.2, 0) is 13.1 Å². The number of aromatic nitrogens is 3. The fourth-order valence-corrected chi connectivity index (χ4v) is 2.33. The van der Waals surface area contributed by atoms with E-state index < -0.39 is 0 Å².